The largest absolute Gasteiger partial charge is 0.465 e. The van der Waals surface area contributed by atoms with Crippen LogP contribution in [-0.2, 0) is 35.2 Å². The summed E-state index contributed by atoms with van der Waals surface area (Å²) >= 11 is 0. The average molecular weight is 645 g/mol. The standard InChI is InChI=1S/C36H40N2O9/c1-44-35(43)25-11-12-30-28(20-25)33-26(14-18-46-22-23-7-4-3-5-8-23)24(9-6-10-31(41)38-21-32(42)37-16-17-39)19-27-29(40)13-15-36(45-2,47-30)34(27)33/h3-5,7-9,11-13,15,19-20,26,33-34,39H,6,10,14,16-18,21-22H2,1-2H3,(H,37,42)(H,38,41)/b24-9+/t26?,33-,34-,36-/m1/s1. The van der Waals surface area contributed by atoms with Crippen molar-refractivity contribution in [1.29, 1.82) is 0 Å². The number of nitrogens with one attached hydrogen (secondary N) is 2. The minimum atomic E-state index is -1.24. The lowest BCUT2D eigenvalue weighted by Crippen LogP contribution is -2.55. The number of esters is 1. The zero-order chi connectivity index (χ0) is 33.4. The van der Waals surface area contributed by atoms with Crippen molar-refractivity contribution in [3.8, 4) is 5.75 Å². The first kappa shape index (κ1) is 33.8. The summed E-state index contributed by atoms with van der Waals surface area (Å²) in [6, 6.07) is 15.0. The molecule has 1 aliphatic heterocycles. The Morgan fingerprint density at radius 3 is 2.62 bits per heavy atom. The molecule has 11 nitrogen and oxygen atoms in total. The molecule has 2 aliphatic carbocycles. The number of aliphatic hydroxyl groups is 1. The smallest absolute Gasteiger partial charge is 0.337 e. The Labute approximate surface area is 273 Å². The van der Waals surface area contributed by atoms with E-state index in [1.807, 2.05) is 42.5 Å². The number of allylic oxidation sites excluding steroid dienone is 4. The molecule has 0 saturated carbocycles. The minimum Gasteiger partial charge on any atom is -0.465 e. The summed E-state index contributed by atoms with van der Waals surface area (Å²) in [4.78, 5) is 50.4. The van der Waals surface area contributed by atoms with Crippen LogP contribution in [0.5, 0.6) is 5.75 Å². The summed E-state index contributed by atoms with van der Waals surface area (Å²) in [5.74, 6) is -3.10. The van der Waals surface area contributed by atoms with E-state index in [4.69, 9.17) is 24.1 Å². The van der Waals surface area contributed by atoms with Crippen LogP contribution >= 0.6 is 0 Å². The van der Waals surface area contributed by atoms with E-state index in [0.29, 0.717) is 42.9 Å². The Morgan fingerprint density at radius 1 is 1.06 bits per heavy atom. The summed E-state index contributed by atoms with van der Waals surface area (Å²) in [5.41, 5.74) is 3.54. The van der Waals surface area contributed by atoms with Gasteiger partial charge in [0, 0.05) is 38.2 Å². The third kappa shape index (κ3) is 7.54. The van der Waals surface area contributed by atoms with Crippen LogP contribution in [-0.4, -0.2) is 75.0 Å². The van der Waals surface area contributed by atoms with Crippen molar-refractivity contribution in [2.45, 2.75) is 37.6 Å². The number of rotatable bonds is 14. The normalized spacial score (nSPS) is 23.2. The molecule has 1 unspecified atom stereocenters. The lowest BCUT2D eigenvalue weighted by Gasteiger charge is -2.52. The van der Waals surface area contributed by atoms with E-state index in [1.54, 1.807) is 31.4 Å². The maximum absolute atomic E-state index is 13.4. The molecule has 1 heterocycles. The fourth-order valence-electron chi connectivity index (χ4n) is 6.57. The Kier molecular flexibility index (Phi) is 11.0. The highest BCUT2D eigenvalue weighted by molar-refractivity contribution is 6.06. The highest BCUT2D eigenvalue weighted by Crippen LogP contribution is 2.58. The van der Waals surface area contributed by atoms with Crippen LogP contribution in [0.4, 0.5) is 0 Å². The fraction of sp³-hybridized carbons (Fsp3) is 0.389. The van der Waals surface area contributed by atoms with E-state index in [0.717, 1.165) is 16.7 Å². The molecule has 0 aromatic heterocycles. The molecule has 11 heteroatoms. The number of aliphatic hydroxyl groups excluding tert-OH is 1. The molecule has 248 valence electrons. The van der Waals surface area contributed by atoms with Crippen LogP contribution in [0.2, 0.25) is 0 Å². The van der Waals surface area contributed by atoms with Gasteiger partial charge in [0.1, 0.15) is 5.75 Å². The first-order chi connectivity index (χ1) is 22.8. The molecule has 5 rings (SSSR count). The SMILES string of the molecule is COC(=O)c1ccc2c(c1)[C@H]1C(CCOCc3ccccc3)/C(=C/CCC(=O)NCC(=O)NCCO)C=C3C(=O)C=C[C@@](OC)(O2)[C@H]31. The summed E-state index contributed by atoms with van der Waals surface area (Å²) in [6.07, 6.45) is 8.01. The molecular formula is C36H40N2O9. The van der Waals surface area contributed by atoms with Crippen molar-refractivity contribution in [2.24, 2.45) is 11.8 Å². The number of methoxy groups -OCH3 is 2. The summed E-state index contributed by atoms with van der Waals surface area (Å²) < 4.78 is 23.6. The average Bonchev–Trinajstić information content (AvgIpc) is 3.10. The van der Waals surface area contributed by atoms with Crippen LogP contribution < -0.4 is 15.4 Å². The minimum absolute atomic E-state index is 0.113. The summed E-state index contributed by atoms with van der Waals surface area (Å²) in [6.45, 7) is 0.575. The molecule has 0 spiro atoms. The van der Waals surface area contributed by atoms with Crippen LogP contribution in [0, 0.1) is 11.8 Å². The molecule has 4 atom stereocenters. The fourth-order valence-corrected chi connectivity index (χ4v) is 6.57. The third-order valence-electron chi connectivity index (χ3n) is 8.76. The summed E-state index contributed by atoms with van der Waals surface area (Å²) in [5, 5.41) is 14.0. The van der Waals surface area contributed by atoms with E-state index in [9.17, 15) is 19.2 Å². The van der Waals surface area contributed by atoms with Gasteiger partial charge in [0.25, 0.3) is 0 Å². The van der Waals surface area contributed by atoms with Gasteiger partial charge in [-0.05, 0) is 65.8 Å². The Morgan fingerprint density at radius 2 is 1.87 bits per heavy atom. The number of hydrogen-bond donors (Lipinski definition) is 3. The van der Waals surface area contributed by atoms with E-state index in [1.165, 1.54) is 13.2 Å². The number of ether oxygens (including phenoxy) is 4. The maximum atomic E-state index is 13.4. The van der Waals surface area contributed by atoms with Gasteiger partial charge < -0.3 is 34.7 Å². The Hall–Kier alpha value is -4.58. The van der Waals surface area contributed by atoms with Gasteiger partial charge in [-0.15, -0.1) is 0 Å². The molecule has 3 N–H and O–H groups in total. The van der Waals surface area contributed by atoms with Gasteiger partial charge in [-0.3, -0.25) is 14.4 Å². The van der Waals surface area contributed by atoms with Crippen molar-refractivity contribution in [1.82, 2.24) is 10.6 Å². The number of benzene rings is 2. The molecule has 2 aromatic rings. The van der Waals surface area contributed by atoms with Gasteiger partial charge in [0.2, 0.25) is 17.6 Å². The molecular weight excluding hydrogens is 604 g/mol. The predicted octanol–water partition coefficient (Wildman–Crippen LogP) is 3.14. The zero-order valence-corrected chi connectivity index (χ0v) is 26.5. The third-order valence-corrected chi connectivity index (χ3v) is 8.76. The molecule has 0 saturated heterocycles. The summed E-state index contributed by atoms with van der Waals surface area (Å²) in [7, 11) is 2.88. The number of carbonyl (C=O) groups excluding carboxylic acids is 4. The van der Waals surface area contributed by atoms with Gasteiger partial charge in [0.15, 0.2) is 5.78 Å². The second-order valence-electron chi connectivity index (χ2n) is 11.6. The molecule has 47 heavy (non-hydrogen) atoms. The first-order valence-electron chi connectivity index (χ1n) is 15.7. The Balaban J connectivity index is 1.47. The number of carbonyl (C=O) groups is 4. The molecule has 0 bridgehead atoms. The van der Waals surface area contributed by atoms with Crippen LogP contribution in [0.3, 0.4) is 0 Å². The van der Waals surface area contributed by atoms with Crippen molar-refractivity contribution in [3.05, 3.63) is 101 Å². The van der Waals surface area contributed by atoms with Crippen LogP contribution in [0.25, 0.3) is 0 Å². The molecule has 2 amide bonds. The maximum Gasteiger partial charge on any atom is 0.337 e. The van der Waals surface area contributed by atoms with Crippen molar-refractivity contribution >= 4 is 23.6 Å². The number of amides is 2. The van der Waals surface area contributed by atoms with Crippen molar-refractivity contribution < 1.29 is 43.2 Å². The van der Waals surface area contributed by atoms with Crippen LogP contribution in [0.15, 0.2) is 84.0 Å². The lowest BCUT2D eigenvalue weighted by atomic mass is 9.59. The quantitative estimate of drug-likeness (QED) is 0.208. The molecule has 0 fully saturated rings. The highest BCUT2D eigenvalue weighted by atomic mass is 16.7. The van der Waals surface area contributed by atoms with Gasteiger partial charge >= 0.3 is 5.97 Å². The van der Waals surface area contributed by atoms with E-state index < -0.39 is 17.7 Å². The van der Waals surface area contributed by atoms with Crippen molar-refractivity contribution in [2.75, 3.05) is 40.5 Å². The highest BCUT2D eigenvalue weighted by Gasteiger charge is 2.57. The second kappa shape index (κ2) is 15.3. The van der Waals surface area contributed by atoms with Crippen LogP contribution in [0.1, 0.15) is 46.7 Å². The van der Waals surface area contributed by atoms with Gasteiger partial charge in [-0.1, -0.05) is 42.5 Å². The van der Waals surface area contributed by atoms with E-state index in [-0.39, 0.29) is 55.6 Å². The topological polar surface area (TPSA) is 149 Å². The Bertz CT molecular complexity index is 1580. The van der Waals surface area contributed by atoms with E-state index >= 15 is 0 Å². The lowest BCUT2D eigenvalue weighted by molar-refractivity contribution is -0.177. The molecule has 2 aromatic carbocycles. The number of ketones is 1. The monoisotopic (exact) mass is 644 g/mol. The number of hydrogen-bond acceptors (Lipinski definition) is 9. The van der Waals surface area contributed by atoms with Gasteiger partial charge in [0.05, 0.1) is 38.3 Å². The second-order valence-corrected chi connectivity index (χ2v) is 11.6. The molecule has 3 aliphatic rings. The van der Waals surface area contributed by atoms with Crippen molar-refractivity contribution in [3.63, 3.8) is 0 Å². The van der Waals surface area contributed by atoms with E-state index in [2.05, 4.69) is 10.6 Å². The zero-order valence-electron chi connectivity index (χ0n) is 26.5. The predicted molar refractivity (Wildman–Crippen MR) is 171 cm³/mol. The number of fused-ring (bicyclic) bond motifs is 2. The van der Waals surface area contributed by atoms with Gasteiger partial charge in [-0.25, -0.2) is 4.79 Å². The molecule has 0 radical (unpaired) electrons. The first-order valence-corrected chi connectivity index (χ1v) is 15.7. The van der Waals surface area contributed by atoms with Gasteiger partial charge in [-0.2, -0.15) is 0 Å².